The Bertz CT molecular complexity index is 944. The monoisotopic (exact) mass is 383 g/mol. The van der Waals surface area contributed by atoms with Gasteiger partial charge in [-0.3, -0.25) is 19.3 Å². The Hall–Kier alpha value is -2.67. The molecule has 7 nitrogen and oxygen atoms in total. The largest absolute Gasteiger partial charge is 0.480 e. The topological polar surface area (TPSA) is 91.6 Å². The van der Waals surface area contributed by atoms with Gasteiger partial charge in [-0.15, -0.1) is 0 Å². The van der Waals surface area contributed by atoms with E-state index in [9.17, 15) is 14.4 Å². The Labute approximate surface area is 162 Å². The summed E-state index contributed by atoms with van der Waals surface area (Å²) in [6.07, 6.45) is 5.61. The molecule has 2 aliphatic rings. The van der Waals surface area contributed by atoms with Crippen molar-refractivity contribution in [3.05, 3.63) is 46.8 Å². The van der Waals surface area contributed by atoms with Gasteiger partial charge in [0.2, 0.25) is 5.91 Å². The van der Waals surface area contributed by atoms with Crippen molar-refractivity contribution >= 4 is 22.8 Å². The first-order chi connectivity index (χ1) is 13.5. The van der Waals surface area contributed by atoms with Gasteiger partial charge in [0.05, 0.1) is 12.1 Å². The molecule has 0 saturated heterocycles. The SMILES string of the molecule is O=C(O)CN(CC1CC1)C1CC(NC(=O)Cn2ccc(=O)c3ccccc32)C1. The summed E-state index contributed by atoms with van der Waals surface area (Å²) in [5.41, 5.74) is 0.692. The normalized spacial score (nSPS) is 21.5. The van der Waals surface area contributed by atoms with Gasteiger partial charge in [-0.2, -0.15) is 0 Å². The van der Waals surface area contributed by atoms with Crippen LogP contribution in [-0.2, 0) is 16.1 Å². The maximum absolute atomic E-state index is 12.5. The summed E-state index contributed by atoms with van der Waals surface area (Å²) < 4.78 is 1.78. The maximum atomic E-state index is 12.5. The quantitative estimate of drug-likeness (QED) is 0.720. The second-order valence-electron chi connectivity index (χ2n) is 7.98. The smallest absolute Gasteiger partial charge is 0.317 e. The molecule has 0 atom stereocenters. The van der Waals surface area contributed by atoms with Gasteiger partial charge in [0.1, 0.15) is 6.54 Å². The van der Waals surface area contributed by atoms with Crippen molar-refractivity contribution in [2.75, 3.05) is 13.1 Å². The number of nitrogens with one attached hydrogen (secondary N) is 1. The number of carbonyl (C=O) groups excluding carboxylic acids is 1. The van der Waals surface area contributed by atoms with Crippen LogP contribution in [0.3, 0.4) is 0 Å². The third-order valence-electron chi connectivity index (χ3n) is 5.72. The highest BCUT2D eigenvalue weighted by Crippen LogP contribution is 2.33. The fourth-order valence-electron chi connectivity index (χ4n) is 3.98. The number of carboxylic acid groups (broad SMARTS) is 1. The highest BCUT2D eigenvalue weighted by molar-refractivity contribution is 5.82. The van der Waals surface area contributed by atoms with Crippen LogP contribution in [0.1, 0.15) is 25.7 Å². The number of aliphatic carboxylic acids is 1. The molecule has 7 heteroatoms. The predicted octanol–water partition coefficient (Wildman–Crippen LogP) is 1.45. The lowest BCUT2D eigenvalue weighted by molar-refractivity contribution is -0.140. The summed E-state index contributed by atoms with van der Waals surface area (Å²) in [6, 6.07) is 9.06. The van der Waals surface area contributed by atoms with Gasteiger partial charge in [-0.05, 0) is 43.7 Å². The number of amides is 1. The molecule has 1 aromatic heterocycles. The summed E-state index contributed by atoms with van der Waals surface area (Å²) in [6.45, 7) is 1.08. The molecule has 1 heterocycles. The van der Waals surface area contributed by atoms with Gasteiger partial charge >= 0.3 is 5.97 Å². The number of para-hydroxylation sites is 1. The van der Waals surface area contributed by atoms with Crippen molar-refractivity contribution in [3.8, 4) is 0 Å². The van der Waals surface area contributed by atoms with Crippen LogP contribution in [0, 0.1) is 5.92 Å². The molecule has 0 aliphatic heterocycles. The molecule has 0 radical (unpaired) electrons. The number of nitrogens with zero attached hydrogens (tertiary/aromatic N) is 2. The molecule has 2 aliphatic carbocycles. The average molecular weight is 383 g/mol. The van der Waals surface area contributed by atoms with Crippen LogP contribution in [0.2, 0.25) is 0 Å². The van der Waals surface area contributed by atoms with E-state index in [-0.39, 0.29) is 36.5 Å². The molecule has 0 bridgehead atoms. The van der Waals surface area contributed by atoms with Crippen molar-refractivity contribution in [1.82, 2.24) is 14.8 Å². The first-order valence-electron chi connectivity index (χ1n) is 9.83. The van der Waals surface area contributed by atoms with E-state index in [1.807, 2.05) is 18.2 Å². The van der Waals surface area contributed by atoms with Crippen LogP contribution in [-0.4, -0.2) is 51.6 Å². The van der Waals surface area contributed by atoms with Crippen LogP contribution >= 0.6 is 0 Å². The van der Waals surface area contributed by atoms with Gasteiger partial charge in [0, 0.05) is 36.3 Å². The first kappa shape index (κ1) is 18.7. The Morgan fingerprint density at radius 3 is 2.64 bits per heavy atom. The molecule has 2 fully saturated rings. The summed E-state index contributed by atoms with van der Waals surface area (Å²) in [5.74, 6) is -0.246. The average Bonchev–Trinajstić information content (AvgIpc) is 3.43. The third-order valence-corrected chi connectivity index (χ3v) is 5.72. The van der Waals surface area contributed by atoms with E-state index < -0.39 is 5.97 Å². The molecule has 1 amide bonds. The lowest BCUT2D eigenvalue weighted by Gasteiger charge is -2.42. The molecule has 1 aromatic carbocycles. The summed E-state index contributed by atoms with van der Waals surface area (Å²) >= 11 is 0. The zero-order valence-corrected chi connectivity index (χ0v) is 15.7. The Balaban J connectivity index is 1.32. The summed E-state index contributed by atoms with van der Waals surface area (Å²) in [7, 11) is 0. The van der Waals surface area contributed by atoms with Crippen LogP contribution in [0.5, 0.6) is 0 Å². The van der Waals surface area contributed by atoms with Crippen molar-refractivity contribution in [2.24, 2.45) is 5.92 Å². The number of fused-ring (bicyclic) bond motifs is 1. The second kappa shape index (κ2) is 7.75. The number of rotatable bonds is 8. The van der Waals surface area contributed by atoms with Crippen molar-refractivity contribution in [2.45, 2.75) is 44.3 Å². The second-order valence-corrected chi connectivity index (χ2v) is 7.98. The summed E-state index contributed by atoms with van der Waals surface area (Å²) in [4.78, 5) is 37.6. The number of hydrogen-bond acceptors (Lipinski definition) is 4. The number of aromatic nitrogens is 1. The molecular weight excluding hydrogens is 358 g/mol. The Kier molecular flexibility index (Phi) is 5.17. The lowest BCUT2D eigenvalue weighted by Crippen LogP contribution is -2.55. The number of pyridine rings is 1. The van der Waals surface area contributed by atoms with E-state index in [0.29, 0.717) is 11.3 Å². The number of benzene rings is 1. The summed E-state index contributed by atoms with van der Waals surface area (Å²) in [5, 5.41) is 12.8. The Morgan fingerprint density at radius 1 is 1.18 bits per heavy atom. The molecule has 0 unspecified atom stereocenters. The van der Waals surface area contributed by atoms with Gasteiger partial charge < -0.3 is 15.0 Å². The van der Waals surface area contributed by atoms with Crippen molar-refractivity contribution < 1.29 is 14.7 Å². The van der Waals surface area contributed by atoms with E-state index >= 15 is 0 Å². The van der Waals surface area contributed by atoms with Gasteiger partial charge in [0.15, 0.2) is 5.43 Å². The zero-order valence-electron chi connectivity index (χ0n) is 15.7. The minimum absolute atomic E-state index is 0.0525. The van der Waals surface area contributed by atoms with Crippen molar-refractivity contribution in [3.63, 3.8) is 0 Å². The number of carboxylic acids is 1. The fraction of sp³-hybridized carbons (Fsp3) is 0.476. The molecule has 2 saturated carbocycles. The van der Waals surface area contributed by atoms with E-state index in [1.54, 1.807) is 16.8 Å². The highest BCUT2D eigenvalue weighted by Gasteiger charge is 2.37. The van der Waals surface area contributed by atoms with Crippen LogP contribution in [0.25, 0.3) is 10.9 Å². The fourth-order valence-corrected chi connectivity index (χ4v) is 3.98. The maximum Gasteiger partial charge on any atom is 0.317 e. The molecule has 4 rings (SSSR count). The van der Waals surface area contributed by atoms with Crippen LogP contribution in [0.15, 0.2) is 41.3 Å². The van der Waals surface area contributed by atoms with E-state index in [4.69, 9.17) is 5.11 Å². The van der Waals surface area contributed by atoms with Gasteiger partial charge in [-0.25, -0.2) is 0 Å². The number of carbonyl (C=O) groups is 2. The van der Waals surface area contributed by atoms with E-state index in [0.717, 1.165) is 24.9 Å². The van der Waals surface area contributed by atoms with Gasteiger partial charge in [-0.1, -0.05) is 12.1 Å². The minimum Gasteiger partial charge on any atom is -0.480 e. The van der Waals surface area contributed by atoms with Crippen LogP contribution < -0.4 is 10.7 Å². The molecule has 0 spiro atoms. The standard InChI is InChI=1S/C21H25N3O4/c25-19-7-8-23(18-4-2-1-3-17(18)19)12-20(26)22-15-9-16(10-15)24(13-21(27)28)11-14-5-6-14/h1-4,7-8,14-16H,5-6,9-13H2,(H,22,26)(H,27,28). The first-order valence-corrected chi connectivity index (χ1v) is 9.83. The minimum atomic E-state index is -0.793. The number of hydrogen-bond donors (Lipinski definition) is 2. The molecular formula is C21H25N3O4. The zero-order chi connectivity index (χ0) is 19.7. The van der Waals surface area contributed by atoms with E-state index in [2.05, 4.69) is 10.2 Å². The lowest BCUT2D eigenvalue weighted by atomic mass is 9.85. The van der Waals surface area contributed by atoms with E-state index in [1.165, 1.54) is 18.9 Å². The molecule has 148 valence electrons. The predicted molar refractivity (Wildman–Crippen MR) is 105 cm³/mol. The van der Waals surface area contributed by atoms with Crippen LogP contribution in [0.4, 0.5) is 0 Å². The third kappa shape index (κ3) is 4.25. The van der Waals surface area contributed by atoms with Gasteiger partial charge in [0.25, 0.3) is 0 Å². The molecule has 2 aromatic rings. The Morgan fingerprint density at radius 2 is 1.93 bits per heavy atom. The highest BCUT2D eigenvalue weighted by atomic mass is 16.4. The van der Waals surface area contributed by atoms with Crippen molar-refractivity contribution in [1.29, 1.82) is 0 Å². The molecule has 28 heavy (non-hydrogen) atoms. The molecule has 2 N–H and O–H groups in total.